The lowest BCUT2D eigenvalue weighted by atomic mass is 9.64. The third kappa shape index (κ3) is 3.48. The Balaban J connectivity index is 4.34. The Morgan fingerprint density at radius 1 is 1.07 bits per heavy atom. The number of allylic oxidation sites excluding steroid dienone is 2. The van der Waals surface area contributed by atoms with Crippen LogP contribution in [0.15, 0.2) is 11.6 Å². The molecule has 0 saturated heterocycles. The van der Waals surface area contributed by atoms with Gasteiger partial charge < -0.3 is 0 Å². The van der Waals surface area contributed by atoms with Crippen LogP contribution >= 0.6 is 0 Å². The Morgan fingerprint density at radius 2 is 1.57 bits per heavy atom. The van der Waals surface area contributed by atoms with Gasteiger partial charge in [0.2, 0.25) is 0 Å². The molecule has 0 aliphatic heterocycles. The van der Waals surface area contributed by atoms with Crippen molar-refractivity contribution in [1.82, 2.24) is 0 Å². The van der Waals surface area contributed by atoms with Crippen LogP contribution in [0.25, 0.3) is 0 Å². The Labute approximate surface area is 90.8 Å². The molecule has 14 heavy (non-hydrogen) atoms. The molecule has 0 nitrogen and oxygen atoms in total. The predicted molar refractivity (Wildman–Crippen MR) is 66.5 cm³/mol. The summed E-state index contributed by atoms with van der Waals surface area (Å²) in [6.07, 6.45) is 6.03. The van der Waals surface area contributed by atoms with Crippen molar-refractivity contribution in [3.8, 4) is 0 Å². The molecule has 0 aliphatic rings. The van der Waals surface area contributed by atoms with Gasteiger partial charge in [0.1, 0.15) is 0 Å². The summed E-state index contributed by atoms with van der Waals surface area (Å²) in [6, 6.07) is 0. The van der Waals surface area contributed by atoms with Crippen LogP contribution in [0.3, 0.4) is 0 Å². The van der Waals surface area contributed by atoms with Gasteiger partial charge in [-0.25, -0.2) is 0 Å². The van der Waals surface area contributed by atoms with Gasteiger partial charge in [0, 0.05) is 0 Å². The summed E-state index contributed by atoms with van der Waals surface area (Å²) >= 11 is 0. The van der Waals surface area contributed by atoms with Crippen LogP contribution < -0.4 is 0 Å². The summed E-state index contributed by atoms with van der Waals surface area (Å²) in [5.74, 6) is 0. The van der Waals surface area contributed by atoms with Crippen LogP contribution in [-0.2, 0) is 0 Å². The van der Waals surface area contributed by atoms with Crippen molar-refractivity contribution in [1.29, 1.82) is 0 Å². The van der Waals surface area contributed by atoms with Crippen molar-refractivity contribution in [3.63, 3.8) is 0 Å². The number of hydrogen-bond donors (Lipinski definition) is 0. The maximum absolute atomic E-state index is 2.40. The lowest BCUT2D eigenvalue weighted by Crippen LogP contribution is -2.31. The van der Waals surface area contributed by atoms with E-state index in [9.17, 15) is 0 Å². The van der Waals surface area contributed by atoms with Crippen molar-refractivity contribution in [2.24, 2.45) is 10.8 Å². The second kappa shape index (κ2) is 5.00. The maximum atomic E-state index is 2.40. The van der Waals surface area contributed by atoms with Gasteiger partial charge >= 0.3 is 0 Å². The number of hydrogen-bond acceptors (Lipinski definition) is 0. The van der Waals surface area contributed by atoms with E-state index in [-0.39, 0.29) is 0 Å². The molecule has 0 rings (SSSR count). The van der Waals surface area contributed by atoms with Crippen LogP contribution in [0, 0.1) is 10.8 Å². The molecule has 0 N–H and O–H groups in total. The minimum atomic E-state index is 0.437. The summed E-state index contributed by atoms with van der Waals surface area (Å²) in [6.45, 7) is 16.2. The molecule has 0 heterocycles. The minimum absolute atomic E-state index is 0.437. The van der Waals surface area contributed by atoms with Gasteiger partial charge in [-0.1, -0.05) is 52.7 Å². The summed E-state index contributed by atoms with van der Waals surface area (Å²) in [5, 5.41) is 0. The number of rotatable bonds is 5. The Hall–Kier alpha value is -0.260. The molecule has 0 unspecified atom stereocenters. The van der Waals surface area contributed by atoms with Crippen molar-refractivity contribution < 1.29 is 0 Å². The van der Waals surface area contributed by atoms with Gasteiger partial charge in [0.05, 0.1) is 0 Å². The highest BCUT2D eigenvalue weighted by Gasteiger charge is 2.34. The Kier molecular flexibility index (Phi) is 4.91. The van der Waals surface area contributed by atoms with E-state index in [2.05, 4.69) is 54.5 Å². The molecule has 0 aliphatic carbocycles. The van der Waals surface area contributed by atoms with E-state index in [1.807, 2.05) is 0 Å². The van der Waals surface area contributed by atoms with Crippen LogP contribution in [0.5, 0.6) is 0 Å². The molecule has 0 spiro atoms. The first-order valence-corrected chi connectivity index (χ1v) is 5.88. The zero-order chi connectivity index (χ0) is 11.4. The molecule has 0 saturated carbocycles. The molecule has 0 atom stereocenters. The van der Waals surface area contributed by atoms with E-state index >= 15 is 0 Å². The molecular weight excluding hydrogens is 168 g/mol. The normalized spacial score (nSPS) is 14.6. The van der Waals surface area contributed by atoms with Gasteiger partial charge in [-0.15, -0.1) is 0 Å². The van der Waals surface area contributed by atoms with Crippen molar-refractivity contribution in [2.45, 2.75) is 67.7 Å². The largest absolute Gasteiger partial charge is 0.0887 e. The Morgan fingerprint density at radius 3 is 1.93 bits per heavy atom. The lowest BCUT2D eigenvalue weighted by Gasteiger charge is -2.41. The first-order chi connectivity index (χ1) is 6.27. The molecule has 0 aromatic carbocycles. The monoisotopic (exact) mass is 196 g/mol. The third-order valence-corrected chi connectivity index (χ3v) is 4.35. The lowest BCUT2D eigenvalue weighted by molar-refractivity contribution is 0.0941. The SMILES string of the molecule is CC=C(C)CCC(C)(C)C(C)(C)CC. The second-order valence-corrected chi connectivity index (χ2v) is 5.76. The zero-order valence-corrected chi connectivity index (χ0v) is 11.2. The second-order valence-electron chi connectivity index (χ2n) is 5.76. The summed E-state index contributed by atoms with van der Waals surface area (Å²) < 4.78 is 0. The fourth-order valence-corrected chi connectivity index (χ4v) is 1.47. The molecular formula is C14H28. The molecule has 0 amide bonds. The van der Waals surface area contributed by atoms with Gasteiger partial charge in [0.25, 0.3) is 0 Å². The highest BCUT2D eigenvalue weighted by molar-refractivity contribution is 4.98. The fourth-order valence-electron chi connectivity index (χ4n) is 1.47. The average molecular weight is 196 g/mol. The molecule has 0 bridgehead atoms. The smallest absolute Gasteiger partial charge is 0.0300 e. The van der Waals surface area contributed by atoms with Crippen LogP contribution in [0.2, 0.25) is 0 Å². The van der Waals surface area contributed by atoms with Crippen LogP contribution in [0.4, 0.5) is 0 Å². The molecule has 0 aromatic heterocycles. The van der Waals surface area contributed by atoms with Crippen molar-refractivity contribution >= 4 is 0 Å². The molecule has 0 radical (unpaired) electrons. The summed E-state index contributed by atoms with van der Waals surface area (Å²) in [4.78, 5) is 0. The average Bonchev–Trinajstić information content (AvgIpc) is 2.13. The molecule has 84 valence electrons. The molecule has 0 heteroatoms. The van der Waals surface area contributed by atoms with E-state index < -0.39 is 0 Å². The summed E-state index contributed by atoms with van der Waals surface area (Å²) in [5.41, 5.74) is 2.40. The standard InChI is InChI=1S/C14H28/c1-8-12(3)10-11-14(6,7)13(4,5)9-2/h8H,9-11H2,1-7H3. The highest BCUT2D eigenvalue weighted by atomic mass is 14.4. The van der Waals surface area contributed by atoms with E-state index in [1.165, 1.54) is 24.8 Å². The van der Waals surface area contributed by atoms with Gasteiger partial charge in [-0.2, -0.15) is 0 Å². The Bertz CT molecular complexity index is 194. The van der Waals surface area contributed by atoms with Crippen molar-refractivity contribution in [2.75, 3.05) is 0 Å². The zero-order valence-electron chi connectivity index (χ0n) is 11.2. The molecule has 0 fully saturated rings. The quantitative estimate of drug-likeness (QED) is 0.530. The van der Waals surface area contributed by atoms with E-state index in [0.29, 0.717) is 10.8 Å². The first-order valence-electron chi connectivity index (χ1n) is 5.88. The van der Waals surface area contributed by atoms with E-state index in [4.69, 9.17) is 0 Å². The summed E-state index contributed by atoms with van der Waals surface area (Å²) in [7, 11) is 0. The predicted octanol–water partition coefficient (Wildman–Crippen LogP) is 5.20. The molecule has 0 aromatic rings. The topological polar surface area (TPSA) is 0 Å². The van der Waals surface area contributed by atoms with Gasteiger partial charge in [-0.05, 0) is 37.5 Å². The maximum Gasteiger partial charge on any atom is -0.0300 e. The van der Waals surface area contributed by atoms with Gasteiger partial charge in [0.15, 0.2) is 0 Å². The van der Waals surface area contributed by atoms with E-state index in [0.717, 1.165) is 0 Å². The fraction of sp³-hybridized carbons (Fsp3) is 0.857. The van der Waals surface area contributed by atoms with E-state index in [1.54, 1.807) is 0 Å². The third-order valence-electron chi connectivity index (χ3n) is 4.35. The van der Waals surface area contributed by atoms with Crippen LogP contribution in [-0.4, -0.2) is 0 Å². The van der Waals surface area contributed by atoms with Crippen molar-refractivity contribution in [3.05, 3.63) is 11.6 Å². The first kappa shape index (κ1) is 13.7. The van der Waals surface area contributed by atoms with Gasteiger partial charge in [-0.3, -0.25) is 0 Å². The minimum Gasteiger partial charge on any atom is -0.0887 e. The highest BCUT2D eigenvalue weighted by Crippen LogP contribution is 2.44. The van der Waals surface area contributed by atoms with Crippen LogP contribution in [0.1, 0.15) is 67.7 Å².